The molecule has 0 bridgehead atoms. The number of hydrogen-bond acceptors (Lipinski definition) is 4. The SMILES string of the molecule is Cc1c(C(=O)O)cccc1S(=O)(=O)NC1CCN(C)C1=O. The lowest BCUT2D eigenvalue weighted by molar-refractivity contribution is -0.127. The van der Waals surface area contributed by atoms with Gasteiger partial charge in [0.15, 0.2) is 0 Å². The van der Waals surface area contributed by atoms with Gasteiger partial charge in [0.1, 0.15) is 6.04 Å². The maximum absolute atomic E-state index is 12.4. The highest BCUT2D eigenvalue weighted by atomic mass is 32.2. The molecule has 1 unspecified atom stereocenters. The second-order valence-electron chi connectivity index (χ2n) is 4.96. The number of carbonyl (C=O) groups excluding carboxylic acids is 1. The van der Waals surface area contributed by atoms with Crippen LogP contribution < -0.4 is 4.72 Å². The number of nitrogens with one attached hydrogen (secondary N) is 1. The predicted octanol–water partition coefficient (Wildman–Crippen LogP) is 0.202. The third-order valence-electron chi connectivity index (χ3n) is 3.53. The molecule has 0 spiro atoms. The van der Waals surface area contributed by atoms with Crippen LogP contribution in [0.1, 0.15) is 22.3 Å². The van der Waals surface area contributed by atoms with Gasteiger partial charge in [-0.25, -0.2) is 13.2 Å². The maximum Gasteiger partial charge on any atom is 0.335 e. The predicted molar refractivity (Wildman–Crippen MR) is 74.5 cm³/mol. The molecule has 2 rings (SSSR count). The lowest BCUT2D eigenvalue weighted by Gasteiger charge is -2.14. The Morgan fingerprint density at radius 2 is 2.10 bits per heavy atom. The average Bonchev–Trinajstić information content (AvgIpc) is 2.70. The molecule has 1 fully saturated rings. The van der Waals surface area contributed by atoms with Crippen LogP contribution in [0.15, 0.2) is 23.1 Å². The fourth-order valence-electron chi connectivity index (χ4n) is 2.32. The van der Waals surface area contributed by atoms with Crippen molar-refractivity contribution in [3.05, 3.63) is 29.3 Å². The molecule has 0 aliphatic carbocycles. The number of hydrogen-bond donors (Lipinski definition) is 2. The molecule has 8 heteroatoms. The lowest BCUT2D eigenvalue weighted by atomic mass is 10.1. The van der Waals surface area contributed by atoms with Crippen molar-refractivity contribution in [2.24, 2.45) is 0 Å². The first-order chi connectivity index (χ1) is 9.74. The first kappa shape index (κ1) is 15.5. The molecule has 7 nitrogen and oxygen atoms in total. The van der Waals surface area contributed by atoms with E-state index in [1.807, 2.05) is 0 Å². The molecule has 1 aliphatic heterocycles. The normalized spacial score (nSPS) is 19.0. The Labute approximate surface area is 122 Å². The van der Waals surface area contributed by atoms with Gasteiger partial charge in [0.2, 0.25) is 15.9 Å². The van der Waals surface area contributed by atoms with Crippen LogP contribution in [0.25, 0.3) is 0 Å². The molecule has 1 saturated heterocycles. The molecule has 0 aromatic heterocycles. The van der Waals surface area contributed by atoms with Gasteiger partial charge in [0, 0.05) is 13.6 Å². The molecular weight excluding hydrogens is 296 g/mol. The van der Waals surface area contributed by atoms with E-state index in [1.165, 1.54) is 30.0 Å². The highest BCUT2D eigenvalue weighted by molar-refractivity contribution is 7.89. The van der Waals surface area contributed by atoms with E-state index in [0.717, 1.165) is 0 Å². The summed E-state index contributed by atoms with van der Waals surface area (Å²) in [6.45, 7) is 1.92. The van der Waals surface area contributed by atoms with E-state index in [9.17, 15) is 18.0 Å². The molecule has 114 valence electrons. The number of likely N-dealkylation sites (tertiary alicyclic amines) is 1. The standard InChI is InChI=1S/C13H16N2O5S/c1-8-9(13(17)18)4-3-5-11(8)21(19,20)14-10-6-7-15(2)12(10)16/h3-5,10,14H,6-7H2,1-2H3,(H,17,18). The Bertz CT molecular complexity index is 699. The van der Waals surface area contributed by atoms with Crippen LogP contribution in [-0.2, 0) is 14.8 Å². The van der Waals surface area contributed by atoms with E-state index in [1.54, 1.807) is 7.05 Å². The molecule has 2 N–H and O–H groups in total. The van der Waals surface area contributed by atoms with Crippen molar-refractivity contribution in [3.8, 4) is 0 Å². The summed E-state index contributed by atoms with van der Waals surface area (Å²) in [4.78, 5) is 24.2. The number of nitrogens with zero attached hydrogens (tertiary/aromatic N) is 1. The van der Waals surface area contributed by atoms with Gasteiger partial charge in [-0.3, -0.25) is 4.79 Å². The van der Waals surface area contributed by atoms with Crippen molar-refractivity contribution in [3.63, 3.8) is 0 Å². The van der Waals surface area contributed by atoms with Crippen LogP contribution >= 0.6 is 0 Å². The first-order valence-corrected chi connectivity index (χ1v) is 7.82. The summed E-state index contributed by atoms with van der Waals surface area (Å²) < 4.78 is 27.1. The Morgan fingerprint density at radius 1 is 1.43 bits per heavy atom. The van der Waals surface area contributed by atoms with Gasteiger partial charge in [-0.1, -0.05) is 6.07 Å². The zero-order chi connectivity index (χ0) is 15.8. The minimum Gasteiger partial charge on any atom is -0.478 e. The zero-order valence-electron chi connectivity index (χ0n) is 11.7. The molecule has 0 radical (unpaired) electrons. The van der Waals surface area contributed by atoms with Gasteiger partial charge in [-0.15, -0.1) is 0 Å². The van der Waals surface area contributed by atoms with Crippen molar-refractivity contribution in [1.82, 2.24) is 9.62 Å². The van der Waals surface area contributed by atoms with Crippen molar-refractivity contribution < 1.29 is 23.1 Å². The molecule has 1 aromatic rings. The average molecular weight is 312 g/mol. The molecule has 1 aliphatic rings. The third-order valence-corrected chi connectivity index (χ3v) is 5.15. The number of amides is 1. The van der Waals surface area contributed by atoms with Crippen LogP contribution in [0.3, 0.4) is 0 Å². The monoisotopic (exact) mass is 312 g/mol. The van der Waals surface area contributed by atoms with Crippen molar-refractivity contribution in [2.75, 3.05) is 13.6 Å². The molecule has 1 heterocycles. The van der Waals surface area contributed by atoms with Crippen LogP contribution in [0.5, 0.6) is 0 Å². The van der Waals surface area contributed by atoms with Gasteiger partial charge < -0.3 is 10.0 Å². The Kier molecular flexibility index (Phi) is 4.02. The van der Waals surface area contributed by atoms with Gasteiger partial charge in [-0.05, 0) is 31.0 Å². The first-order valence-electron chi connectivity index (χ1n) is 6.34. The quantitative estimate of drug-likeness (QED) is 0.826. The van der Waals surface area contributed by atoms with Gasteiger partial charge in [0.05, 0.1) is 10.5 Å². The summed E-state index contributed by atoms with van der Waals surface area (Å²) in [7, 11) is -2.34. The summed E-state index contributed by atoms with van der Waals surface area (Å²) in [5.41, 5.74) is 0.0732. The second-order valence-corrected chi connectivity index (χ2v) is 6.64. The third kappa shape index (κ3) is 2.91. The van der Waals surface area contributed by atoms with Crippen molar-refractivity contribution >= 4 is 21.9 Å². The fourth-order valence-corrected chi connectivity index (χ4v) is 3.81. The number of carboxylic acids is 1. The largest absolute Gasteiger partial charge is 0.478 e. The zero-order valence-corrected chi connectivity index (χ0v) is 12.5. The van der Waals surface area contributed by atoms with E-state index in [-0.39, 0.29) is 21.9 Å². The van der Waals surface area contributed by atoms with Crippen LogP contribution in [0.2, 0.25) is 0 Å². The van der Waals surface area contributed by atoms with Crippen LogP contribution in [0, 0.1) is 6.92 Å². The fraction of sp³-hybridized carbons (Fsp3) is 0.385. The lowest BCUT2D eigenvalue weighted by Crippen LogP contribution is -2.40. The van der Waals surface area contributed by atoms with E-state index in [2.05, 4.69) is 4.72 Å². The van der Waals surface area contributed by atoms with Gasteiger partial charge >= 0.3 is 5.97 Å². The number of benzene rings is 1. The molecule has 0 saturated carbocycles. The van der Waals surface area contributed by atoms with Crippen LogP contribution in [0.4, 0.5) is 0 Å². The molecule has 21 heavy (non-hydrogen) atoms. The summed E-state index contributed by atoms with van der Waals surface area (Å²) >= 11 is 0. The van der Waals surface area contributed by atoms with E-state index >= 15 is 0 Å². The van der Waals surface area contributed by atoms with Crippen molar-refractivity contribution in [2.45, 2.75) is 24.3 Å². The van der Waals surface area contributed by atoms with Crippen molar-refractivity contribution in [1.29, 1.82) is 0 Å². The highest BCUT2D eigenvalue weighted by Gasteiger charge is 2.33. The Morgan fingerprint density at radius 3 is 2.62 bits per heavy atom. The van der Waals surface area contributed by atoms with E-state index in [0.29, 0.717) is 13.0 Å². The Balaban J connectivity index is 2.35. The minimum atomic E-state index is -3.95. The second kappa shape index (κ2) is 5.45. The Hall–Kier alpha value is -1.93. The number of likely N-dealkylation sites (N-methyl/N-ethyl adjacent to an activating group) is 1. The maximum atomic E-state index is 12.4. The molecular formula is C13H16N2O5S. The smallest absolute Gasteiger partial charge is 0.335 e. The molecule has 1 atom stereocenters. The molecule has 1 aromatic carbocycles. The summed E-state index contributed by atoms with van der Waals surface area (Å²) in [5.74, 6) is -1.48. The number of sulfonamides is 1. The number of carboxylic acid groups (broad SMARTS) is 1. The van der Waals surface area contributed by atoms with E-state index in [4.69, 9.17) is 5.11 Å². The van der Waals surface area contributed by atoms with Crippen LogP contribution in [-0.4, -0.2) is 49.9 Å². The van der Waals surface area contributed by atoms with E-state index < -0.39 is 22.0 Å². The molecule has 1 amide bonds. The van der Waals surface area contributed by atoms with Gasteiger partial charge in [-0.2, -0.15) is 4.72 Å². The number of rotatable bonds is 4. The summed E-state index contributed by atoms with van der Waals surface area (Å²) in [6.07, 6.45) is 0.395. The van der Waals surface area contributed by atoms with Gasteiger partial charge in [0.25, 0.3) is 0 Å². The number of carbonyl (C=O) groups is 2. The number of aromatic carboxylic acids is 1. The topological polar surface area (TPSA) is 104 Å². The highest BCUT2D eigenvalue weighted by Crippen LogP contribution is 2.20. The summed E-state index contributed by atoms with van der Waals surface area (Å²) in [6, 6.07) is 3.24. The summed E-state index contributed by atoms with van der Waals surface area (Å²) in [5, 5.41) is 9.04. The minimum absolute atomic E-state index is 0.0762.